The number of hydrogen-bond acceptors (Lipinski definition) is 4. The lowest BCUT2D eigenvalue weighted by atomic mass is 9.75. The second-order valence-electron chi connectivity index (χ2n) is 15.0. The van der Waals surface area contributed by atoms with Crippen LogP contribution in [0, 0.1) is 0 Å². The Hall–Kier alpha value is -5.68. The summed E-state index contributed by atoms with van der Waals surface area (Å²) in [5.41, 5.74) is 5.23. The minimum atomic E-state index is -1.05. The van der Waals surface area contributed by atoms with E-state index < -0.39 is 11.4 Å². The highest BCUT2D eigenvalue weighted by atomic mass is 16.4. The van der Waals surface area contributed by atoms with Gasteiger partial charge in [-0.2, -0.15) is 0 Å². The number of aromatic carboxylic acids is 1. The molecule has 6 aromatic carbocycles. The van der Waals surface area contributed by atoms with E-state index in [-0.39, 0.29) is 22.2 Å². The molecule has 1 aliphatic carbocycles. The van der Waals surface area contributed by atoms with E-state index in [9.17, 15) is 19.8 Å². The van der Waals surface area contributed by atoms with Crippen LogP contribution in [0.5, 0.6) is 5.75 Å². The van der Waals surface area contributed by atoms with Crippen molar-refractivity contribution in [2.45, 2.75) is 51.9 Å². The number of fused-ring (bicyclic) bond motifs is 2. The number of carboxylic acids is 1. The van der Waals surface area contributed by atoms with Gasteiger partial charge in [-0.15, -0.1) is 0 Å². The standard InChI is InChI=1S/C44H36O5/c1-43(2,3)36-19-10-25-8-14-30-26(7-6-24-9-15-32(36)40(25)39(24)30)23-44(4,5)27-11-16-31(42(47)48)35(20-27)41-33-17-12-28(45)21-37(33)49-38-22-29(46)13-18-34(38)41/h6-22,45H,23H2,1-5H3,(H,47,48). The smallest absolute Gasteiger partial charge is 0.336 e. The summed E-state index contributed by atoms with van der Waals surface area (Å²) in [4.78, 5) is 25.0. The highest BCUT2D eigenvalue weighted by Crippen LogP contribution is 2.45. The molecule has 8 rings (SSSR count). The van der Waals surface area contributed by atoms with Crippen LogP contribution in [-0.2, 0) is 17.3 Å². The first-order chi connectivity index (χ1) is 23.3. The van der Waals surface area contributed by atoms with Crippen molar-refractivity contribution in [3.05, 3.63) is 136 Å². The van der Waals surface area contributed by atoms with Gasteiger partial charge in [-0.1, -0.05) is 89.2 Å². The summed E-state index contributed by atoms with van der Waals surface area (Å²) in [6.07, 6.45) is 0.720. The Morgan fingerprint density at radius 1 is 0.694 bits per heavy atom. The maximum atomic E-state index is 12.7. The zero-order valence-electron chi connectivity index (χ0n) is 28.1. The number of benzene rings is 7. The Morgan fingerprint density at radius 3 is 2.10 bits per heavy atom. The zero-order valence-corrected chi connectivity index (χ0v) is 28.1. The molecule has 5 heteroatoms. The predicted molar refractivity (Wildman–Crippen MR) is 199 cm³/mol. The van der Waals surface area contributed by atoms with Crippen LogP contribution < -0.4 is 5.43 Å². The molecular formula is C44H36O5. The number of carbonyl (C=O) groups is 1. The molecule has 0 spiro atoms. The lowest BCUT2D eigenvalue weighted by molar-refractivity contribution is 0.0697. The molecule has 0 radical (unpaired) electrons. The van der Waals surface area contributed by atoms with E-state index in [2.05, 4.69) is 83.1 Å². The lowest BCUT2D eigenvalue weighted by Crippen LogP contribution is -2.21. The minimum absolute atomic E-state index is 0.00805. The topological polar surface area (TPSA) is 87.7 Å². The average Bonchev–Trinajstić information content (AvgIpc) is 3.05. The van der Waals surface area contributed by atoms with E-state index in [1.807, 2.05) is 12.1 Å². The summed E-state index contributed by atoms with van der Waals surface area (Å²) in [7, 11) is 0. The van der Waals surface area contributed by atoms with Gasteiger partial charge in [0, 0.05) is 28.6 Å². The molecule has 2 aliphatic rings. The fourth-order valence-corrected chi connectivity index (χ4v) is 7.76. The van der Waals surface area contributed by atoms with Crippen LogP contribution in [0.3, 0.4) is 0 Å². The van der Waals surface area contributed by atoms with E-state index in [1.54, 1.807) is 24.3 Å². The highest BCUT2D eigenvalue weighted by Gasteiger charge is 2.28. The van der Waals surface area contributed by atoms with Crippen molar-refractivity contribution in [1.82, 2.24) is 0 Å². The van der Waals surface area contributed by atoms with Crippen molar-refractivity contribution in [3.63, 3.8) is 0 Å². The molecule has 0 aromatic heterocycles. The molecule has 0 fully saturated rings. The summed E-state index contributed by atoms with van der Waals surface area (Å²) in [6.45, 7) is 11.2. The molecule has 242 valence electrons. The molecule has 1 aliphatic heterocycles. The lowest BCUT2D eigenvalue weighted by Gasteiger charge is -2.28. The molecule has 0 bridgehead atoms. The van der Waals surface area contributed by atoms with Gasteiger partial charge in [-0.25, -0.2) is 4.79 Å². The third-order valence-corrected chi connectivity index (χ3v) is 10.2. The van der Waals surface area contributed by atoms with Gasteiger partial charge < -0.3 is 14.6 Å². The Labute approximate surface area is 283 Å². The first-order valence-corrected chi connectivity index (χ1v) is 16.6. The third-order valence-electron chi connectivity index (χ3n) is 10.2. The van der Waals surface area contributed by atoms with Crippen molar-refractivity contribution in [2.24, 2.45) is 0 Å². The second-order valence-corrected chi connectivity index (χ2v) is 15.0. The number of carboxylic acid groups (broad SMARTS) is 1. The first-order valence-electron chi connectivity index (χ1n) is 16.6. The first kappa shape index (κ1) is 30.6. The minimum Gasteiger partial charge on any atom is -0.508 e. The average molecular weight is 645 g/mol. The number of hydrogen-bond donors (Lipinski definition) is 2. The maximum Gasteiger partial charge on any atom is 0.336 e. The monoisotopic (exact) mass is 644 g/mol. The Balaban J connectivity index is 1.31. The summed E-state index contributed by atoms with van der Waals surface area (Å²) >= 11 is 0. The molecule has 5 nitrogen and oxygen atoms in total. The van der Waals surface area contributed by atoms with Gasteiger partial charge in [0.25, 0.3) is 0 Å². The summed E-state index contributed by atoms with van der Waals surface area (Å²) < 4.78 is 6.05. The van der Waals surface area contributed by atoms with E-state index in [1.165, 1.54) is 61.6 Å². The van der Waals surface area contributed by atoms with E-state index >= 15 is 0 Å². The van der Waals surface area contributed by atoms with E-state index in [4.69, 9.17) is 4.42 Å². The fraction of sp³-hybridized carbons (Fsp3) is 0.182. The largest absolute Gasteiger partial charge is 0.508 e. The van der Waals surface area contributed by atoms with Crippen molar-refractivity contribution >= 4 is 49.3 Å². The van der Waals surface area contributed by atoms with Gasteiger partial charge in [0.2, 0.25) is 0 Å². The molecule has 1 heterocycles. The van der Waals surface area contributed by atoms with Crippen molar-refractivity contribution in [3.8, 4) is 28.2 Å². The van der Waals surface area contributed by atoms with Crippen LogP contribution in [0.1, 0.15) is 61.7 Å². The van der Waals surface area contributed by atoms with Gasteiger partial charge in [0.05, 0.1) is 5.56 Å². The van der Waals surface area contributed by atoms with Crippen LogP contribution >= 0.6 is 0 Å². The van der Waals surface area contributed by atoms with Gasteiger partial charge >= 0.3 is 5.97 Å². The van der Waals surface area contributed by atoms with Gasteiger partial charge in [0.1, 0.15) is 17.1 Å². The summed E-state index contributed by atoms with van der Waals surface area (Å²) in [6, 6.07) is 32.8. The predicted octanol–water partition coefficient (Wildman–Crippen LogP) is 10.7. The normalized spacial score (nSPS) is 12.6. The zero-order chi connectivity index (χ0) is 34.4. The molecule has 0 unspecified atom stereocenters. The van der Waals surface area contributed by atoms with Crippen LogP contribution in [0.15, 0.2) is 112 Å². The Morgan fingerprint density at radius 2 is 1.37 bits per heavy atom. The van der Waals surface area contributed by atoms with Crippen LogP contribution in [0.2, 0.25) is 0 Å². The van der Waals surface area contributed by atoms with Gasteiger partial charge in [-0.05, 0) is 108 Å². The van der Waals surface area contributed by atoms with Crippen molar-refractivity contribution in [1.29, 1.82) is 0 Å². The molecule has 49 heavy (non-hydrogen) atoms. The SMILES string of the molecule is CC(C)(C)c1ccc2ccc3c(CC(C)(C)c4ccc(C(=O)O)c(-c5c6ccc(=O)cc-6oc6cc(O)ccc56)c4)ccc4ccc1c2c43. The molecule has 6 aromatic rings. The number of phenols is 1. The molecule has 0 saturated heterocycles. The van der Waals surface area contributed by atoms with Crippen molar-refractivity contribution in [2.75, 3.05) is 0 Å². The van der Waals surface area contributed by atoms with Gasteiger partial charge in [0.15, 0.2) is 5.43 Å². The third kappa shape index (κ3) is 4.91. The molecule has 0 saturated carbocycles. The Bertz CT molecular complexity index is 2650. The van der Waals surface area contributed by atoms with E-state index in [0.29, 0.717) is 33.4 Å². The van der Waals surface area contributed by atoms with Crippen LogP contribution in [0.4, 0.5) is 0 Å². The molecule has 0 atom stereocenters. The Kier molecular flexibility index (Phi) is 6.67. The maximum absolute atomic E-state index is 12.7. The summed E-state index contributed by atoms with van der Waals surface area (Å²) in [5.74, 6) is -0.719. The fourth-order valence-electron chi connectivity index (χ4n) is 7.76. The highest BCUT2D eigenvalue weighted by molar-refractivity contribution is 6.24. The van der Waals surface area contributed by atoms with Crippen LogP contribution in [0.25, 0.3) is 65.7 Å². The number of phenolic OH excluding ortho intramolecular Hbond substituents is 1. The number of rotatable bonds is 5. The molecular weight excluding hydrogens is 608 g/mol. The summed E-state index contributed by atoms with van der Waals surface area (Å²) in [5, 5.41) is 28.8. The second kappa shape index (κ2) is 10.7. The molecule has 0 amide bonds. The molecule has 2 N–H and O–H groups in total. The number of aromatic hydroxyl groups is 1. The van der Waals surface area contributed by atoms with Crippen LogP contribution in [-0.4, -0.2) is 16.2 Å². The van der Waals surface area contributed by atoms with Crippen molar-refractivity contribution < 1.29 is 19.4 Å². The quantitative estimate of drug-likeness (QED) is 0.144. The van der Waals surface area contributed by atoms with E-state index in [0.717, 1.165) is 12.0 Å². The van der Waals surface area contributed by atoms with Gasteiger partial charge in [-0.3, -0.25) is 4.79 Å².